The lowest BCUT2D eigenvalue weighted by atomic mass is 10.1. The summed E-state index contributed by atoms with van der Waals surface area (Å²) in [6, 6.07) is 6.58. The van der Waals surface area contributed by atoms with Crippen molar-refractivity contribution in [2.45, 2.75) is 19.5 Å². The van der Waals surface area contributed by atoms with Crippen LogP contribution in [-0.4, -0.2) is 44.1 Å². The average molecular weight is 351 g/mol. The summed E-state index contributed by atoms with van der Waals surface area (Å²) in [5, 5.41) is 16.4. The highest BCUT2D eigenvalue weighted by molar-refractivity contribution is 9.10. The fourth-order valence-electron chi connectivity index (χ4n) is 2.39. The molecule has 1 aromatic heterocycles. The molecule has 1 aliphatic rings. The Balaban J connectivity index is 1.57. The minimum absolute atomic E-state index is 0.00378. The maximum absolute atomic E-state index is 10.8. The molecule has 6 nitrogen and oxygen atoms in total. The van der Waals surface area contributed by atoms with E-state index in [4.69, 9.17) is 5.11 Å². The SMILES string of the molecule is Cc1ccc(CN2CC(n3cc(C(=O)O)nn3)C2)cc1Br. The summed E-state index contributed by atoms with van der Waals surface area (Å²) < 4.78 is 2.77. The molecule has 0 aliphatic carbocycles. The van der Waals surface area contributed by atoms with Crippen LogP contribution >= 0.6 is 15.9 Å². The minimum atomic E-state index is -1.04. The first-order chi connectivity index (χ1) is 10.0. The third kappa shape index (κ3) is 2.98. The number of carbonyl (C=O) groups is 1. The number of rotatable bonds is 4. The molecular weight excluding hydrogens is 336 g/mol. The number of nitrogens with zero attached hydrogens (tertiary/aromatic N) is 4. The normalized spacial score (nSPS) is 15.9. The fourth-order valence-corrected chi connectivity index (χ4v) is 2.81. The molecule has 0 bridgehead atoms. The van der Waals surface area contributed by atoms with E-state index in [1.54, 1.807) is 4.68 Å². The van der Waals surface area contributed by atoms with Crippen LogP contribution in [0.15, 0.2) is 28.9 Å². The Morgan fingerprint density at radius 2 is 2.24 bits per heavy atom. The molecule has 110 valence electrons. The van der Waals surface area contributed by atoms with Gasteiger partial charge in [0.15, 0.2) is 5.69 Å². The highest BCUT2D eigenvalue weighted by Crippen LogP contribution is 2.24. The van der Waals surface area contributed by atoms with E-state index < -0.39 is 5.97 Å². The van der Waals surface area contributed by atoms with E-state index in [0.717, 1.165) is 24.1 Å². The van der Waals surface area contributed by atoms with Gasteiger partial charge in [0.25, 0.3) is 0 Å². The number of carboxylic acid groups (broad SMARTS) is 1. The van der Waals surface area contributed by atoms with Crippen LogP contribution in [0, 0.1) is 6.92 Å². The number of benzene rings is 1. The molecule has 1 aromatic carbocycles. The molecule has 21 heavy (non-hydrogen) atoms. The number of likely N-dealkylation sites (tertiary alicyclic amines) is 1. The number of aromatic carboxylic acids is 1. The monoisotopic (exact) mass is 350 g/mol. The lowest BCUT2D eigenvalue weighted by Gasteiger charge is -2.38. The van der Waals surface area contributed by atoms with Crippen molar-refractivity contribution < 1.29 is 9.90 Å². The molecule has 0 atom stereocenters. The fraction of sp³-hybridized carbons (Fsp3) is 0.357. The molecule has 1 aliphatic heterocycles. The topological polar surface area (TPSA) is 71.2 Å². The van der Waals surface area contributed by atoms with Gasteiger partial charge in [-0.1, -0.05) is 33.3 Å². The zero-order chi connectivity index (χ0) is 15.0. The summed E-state index contributed by atoms with van der Waals surface area (Å²) in [4.78, 5) is 13.1. The average Bonchev–Trinajstić information content (AvgIpc) is 2.87. The van der Waals surface area contributed by atoms with E-state index in [1.807, 2.05) is 0 Å². The van der Waals surface area contributed by atoms with Crippen LogP contribution in [0.3, 0.4) is 0 Å². The Bertz CT molecular complexity index is 679. The van der Waals surface area contributed by atoms with Gasteiger partial charge in [0.2, 0.25) is 0 Å². The van der Waals surface area contributed by atoms with Crippen LogP contribution < -0.4 is 0 Å². The van der Waals surface area contributed by atoms with Gasteiger partial charge >= 0.3 is 5.97 Å². The van der Waals surface area contributed by atoms with Crippen LogP contribution in [0.2, 0.25) is 0 Å². The van der Waals surface area contributed by atoms with Crippen molar-refractivity contribution in [2.24, 2.45) is 0 Å². The second-order valence-corrected chi connectivity index (χ2v) is 6.17. The highest BCUT2D eigenvalue weighted by Gasteiger charge is 2.29. The van der Waals surface area contributed by atoms with Gasteiger partial charge in [-0.25, -0.2) is 9.48 Å². The molecule has 1 N–H and O–H groups in total. The van der Waals surface area contributed by atoms with Crippen LogP contribution in [0.5, 0.6) is 0 Å². The first-order valence-electron chi connectivity index (χ1n) is 6.65. The first kappa shape index (κ1) is 14.2. The van der Waals surface area contributed by atoms with Crippen molar-refractivity contribution in [1.82, 2.24) is 19.9 Å². The van der Waals surface area contributed by atoms with Crippen molar-refractivity contribution in [3.8, 4) is 0 Å². The van der Waals surface area contributed by atoms with Crippen molar-refractivity contribution in [2.75, 3.05) is 13.1 Å². The van der Waals surface area contributed by atoms with Crippen LogP contribution in [0.4, 0.5) is 0 Å². The molecule has 1 fully saturated rings. The molecule has 2 heterocycles. The predicted molar refractivity (Wildman–Crippen MR) is 80.2 cm³/mol. The summed E-state index contributed by atoms with van der Waals surface area (Å²) in [6.45, 7) is 4.66. The summed E-state index contributed by atoms with van der Waals surface area (Å²) in [6.07, 6.45) is 1.49. The van der Waals surface area contributed by atoms with Crippen LogP contribution in [0.25, 0.3) is 0 Å². The smallest absolute Gasteiger partial charge is 0.358 e. The summed E-state index contributed by atoms with van der Waals surface area (Å²) in [5.74, 6) is -1.04. The van der Waals surface area contributed by atoms with Crippen molar-refractivity contribution in [3.63, 3.8) is 0 Å². The molecule has 0 saturated carbocycles. The third-order valence-corrected chi connectivity index (χ3v) is 4.54. The zero-order valence-electron chi connectivity index (χ0n) is 11.5. The van der Waals surface area contributed by atoms with Gasteiger partial charge < -0.3 is 5.11 Å². The van der Waals surface area contributed by atoms with E-state index >= 15 is 0 Å². The Kier molecular flexibility index (Phi) is 3.77. The predicted octanol–water partition coefficient (Wildman–Crippen LogP) is 2.10. The summed E-state index contributed by atoms with van der Waals surface area (Å²) in [5.41, 5.74) is 2.48. The van der Waals surface area contributed by atoms with Gasteiger partial charge in [-0.05, 0) is 24.1 Å². The van der Waals surface area contributed by atoms with Crippen molar-refractivity contribution in [3.05, 3.63) is 45.7 Å². The molecule has 3 rings (SSSR count). The van der Waals surface area contributed by atoms with E-state index in [2.05, 4.69) is 56.3 Å². The number of aromatic nitrogens is 3. The number of hydrogen-bond donors (Lipinski definition) is 1. The standard InChI is InChI=1S/C14H15BrN4O2/c1-9-2-3-10(4-12(9)15)5-18-6-11(7-18)19-8-13(14(20)21)16-17-19/h2-4,8,11H,5-7H2,1H3,(H,20,21). The number of halogens is 1. The quantitative estimate of drug-likeness (QED) is 0.914. The lowest BCUT2D eigenvalue weighted by molar-refractivity contribution is 0.0690. The number of carboxylic acids is 1. The largest absolute Gasteiger partial charge is 0.476 e. The van der Waals surface area contributed by atoms with Gasteiger partial charge in [0.05, 0.1) is 12.2 Å². The Hall–Kier alpha value is -1.73. The Morgan fingerprint density at radius 3 is 2.86 bits per heavy atom. The lowest BCUT2D eigenvalue weighted by Crippen LogP contribution is -2.47. The summed E-state index contributed by atoms with van der Waals surface area (Å²) >= 11 is 3.54. The highest BCUT2D eigenvalue weighted by atomic mass is 79.9. The van der Waals surface area contributed by atoms with E-state index in [-0.39, 0.29) is 11.7 Å². The molecule has 0 unspecified atom stereocenters. The maximum atomic E-state index is 10.8. The Morgan fingerprint density at radius 1 is 1.48 bits per heavy atom. The number of aryl methyl sites for hydroxylation is 1. The van der Waals surface area contributed by atoms with Gasteiger partial charge in [-0.15, -0.1) is 5.10 Å². The van der Waals surface area contributed by atoms with Gasteiger partial charge in [-0.2, -0.15) is 0 Å². The minimum Gasteiger partial charge on any atom is -0.476 e. The second kappa shape index (κ2) is 5.57. The molecular formula is C14H15BrN4O2. The molecule has 0 spiro atoms. The Labute approximate surface area is 130 Å². The second-order valence-electron chi connectivity index (χ2n) is 5.32. The van der Waals surface area contributed by atoms with E-state index in [1.165, 1.54) is 17.3 Å². The molecule has 0 radical (unpaired) electrons. The molecule has 2 aromatic rings. The zero-order valence-corrected chi connectivity index (χ0v) is 13.1. The third-order valence-electron chi connectivity index (χ3n) is 3.68. The van der Waals surface area contributed by atoms with E-state index in [9.17, 15) is 4.79 Å². The van der Waals surface area contributed by atoms with Gasteiger partial charge in [0.1, 0.15) is 0 Å². The van der Waals surface area contributed by atoms with Gasteiger partial charge in [0, 0.05) is 24.1 Å². The molecule has 7 heteroatoms. The van der Waals surface area contributed by atoms with E-state index in [0.29, 0.717) is 0 Å². The maximum Gasteiger partial charge on any atom is 0.358 e. The van der Waals surface area contributed by atoms with Crippen molar-refractivity contribution in [1.29, 1.82) is 0 Å². The summed E-state index contributed by atoms with van der Waals surface area (Å²) in [7, 11) is 0. The first-order valence-corrected chi connectivity index (χ1v) is 7.45. The van der Waals surface area contributed by atoms with Crippen LogP contribution in [-0.2, 0) is 6.54 Å². The molecule has 0 amide bonds. The van der Waals surface area contributed by atoms with Crippen LogP contribution in [0.1, 0.15) is 27.7 Å². The number of hydrogen-bond acceptors (Lipinski definition) is 4. The van der Waals surface area contributed by atoms with Crippen molar-refractivity contribution >= 4 is 21.9 Å². The molecule has 1 saturated heterocycles. The van der Waals surface area contributed by atoms with Gasteiger partial charge in [-0.3, -0.25) is 4.90 Å².